The van der Waals surface area contributed by atoms with Gasteiger partial charge in [-0.1, -0.05) is 26.7 Å². The van der Waals surface area contributed by atoms with Crippen LogP contribution in [0.15, 0.2) is 0 Å². The maximum Gasteiger partial charge on any atom is 0.279 e. The van der Waals surface area contributed by atoms with E-state index >= 15 is 0 Å². The maximum atomic E-state index is 12.1. The molecule has 0 saturated carbocycles. The first kappa shape index (κ1) is 16.9. The summed E-state index contributed by atoms with van der Waals surface area (Å²) in [5, 5.41) is 0. The highest BCUT2D eigenvalue weighted by molar-refractivity contribution is 7.87. The molecular formula is C13H29N3O2S. The molecule has 0 bridgehead atoms. The Morgan fingerprint density at radius 3 is 2.74 bits per heavy atom. The van der Waals surface area contributed by atoms with Crippen LogP contribution in [0.25, 0.3) is 0 Å². The van der Waals surface area contributed by atoms with E-state index in [1.165, 1.54) is 0 Å². The maximum absolute atomic E-state index is 12.1. The highest BCUT2D eigenvalue weighted by Crippen LogP contribution is 2.17. The second-order valence-corrected chi connectivity index (χ2v) is 7.65. The monoisotopic (exact) mass is 291 g/mol. The van der Waals surface area contributed by atoms with Crippen molar-refractivity contribution in [2.45, 2.75) is 46.0 Å². The van der Waals surface area contributed by atoms with Crippen LogP contribution in [0.4, 0.5) is 0 Å². The van der Waals surface area contributed by atoms with Gasteiger partial charge < -0.3 is 5.73 Å². The number of nitrogens with one attached hydrogen (secondary N) is 1. The number of piperidine rings is 1. The van der Waals surface area contributed by atoms with E-state index in [2.05, 4.69) is 18.6 Å². The van der Waals surface area contributed by atoms with E-state index in [1.54, 1.807) is 4.31 Å². The van der Waals surface area contributed by atoms with Crippen molar-refractivity contribution in [2.24, 2.45) is 17.6 Å². The van der Waals surface area contributed by atoms with Crippen molar-refractivity contribution >= 4 is 10.2 Å². The molecule has 0 aliphatic carbocycles. The number of hydrogen-bond acceptors (Lipinski definition) is 3. The number of unbranched alkanes of at least 4 members (excludes halogenated alkanes) is 1. The molecule has 0 spiro atoms. The van der Waals surface area contributed by atoms with Gasteiger partial charge in [0.2, 0.25) is 0 Å². The SMILES string of the molecule is CC(C)CCCCNS(=O)(=O)N1CCCC(CN)C1. The quantitative estimate of drug-likeness (QED) is 0.662. The van der Waals surface area contributed by atoms with Gasteiger partial charge in [-0.25, -0.2) is 4.72 Å². The molecule has 5 nitrogen and oxygen atoms in total. The second-order valence-electron chi connectivity index (χ2n) is 5.89. The zero-order valence-corrected chi connectivity index (χ0v) is 13.1. The third kappa shape index (κ3) is 6.21. The molecule has 1 rings (SSSR count). The van der Waals surface area contributed by atoms with Crippen molar-refractivity contribution in [1.82, 2.24) is 9.03 Å². The van der Waals surface area contributed by atoms with Crippen LogP contribution in [0.5, 0.6) is 0 Å². The molecule has 3 N–H and O–H groups in total. The van der Waals surface area contributed by atoms with Crippen LogP contribution in [0.2, 0.25) is 0 Å². The predicted octanol–water partition coefficient (Wildman–Crippen LogP) is 1.32. The Balaban J connectivity index is 2.30. The van der Waals surface area contributed by atoms with Gasteiger partial charge in [0.15, 0.2) is 0 Å². The Morgan fingerprint density at radius 2 is 2.11 bits per heavy atom. The number of rotatable bonds is 8. The third-order valence-electron chi connectivity index (χ3n) is 3.65. The number of nitrogens with two attached hydrogens (primary N) is 1. The van der Waals surface area contributed by atoms with E-state index in [4.69, 9.17) is 5.73 Å². The topological polar surface area (TPSA) is 75.4 Å². The van der Waals surface area contributed by atoms with Gasteiger partial charge in [0.05, 0.1) is 0 Å². The predicted molar refractivity (Wildman–Crippen MR) is 79.0 cm³/mol. The smallest absolute Gasteiger partial charge is 0.279 e. The molecule has 1 fully saturated rings. The first-order chi connectivity index (χ1) is 8.95. The summed E-state index contributed by atoms with van der Waals surface area (Å²) >= 11 is 0. The molecule has 6 heteroatoms. The molecule has 114 valence electrons. The van der Waals surface area contributed by atoms with Gasteiger partial charge in [0.1, 0.15) is 0 Å². The van der Waals surface area contributed by atoms with E-state index in [1.807, 2.05) is 0 Å². The van der Waals surface area contributed by atoms with Crippen LogP contribution >= 0.6 is 0 Å². The van der Waals surface area contributed by atoms with Crippen molar-refractivity contribution in [2.75, 3.05) is 26.2 Å². The van der Waals surface area contributed by atoms with Crippen LogP contribution in [-0.2, 0) is 10.2 Å². The minimum absolute atomic E-state index is 0.311. The van der Waals surface area contributed by atoms with Crippen LogP contribution in [-0.4, -0.2) is 38.9 Å². The summed E-state index contributed by atoms with van der Waals surface area (Å²) < 4.78 is 28.5. The molecule has 0 radical (unpaired) electrons. The molecule has 0 aromatic heterocycles. The zero-order valence-electron chi connectivity index (χ0n) is 12.3. The number of hydrogen-bond donors (Lipinski definition) is 2. The Labute approximate surface area is 118 Å². The van der Waals surface area contributed by atoms with E-state index in [-0.39, 0.29) is 0 Å². The summed E-state index contributed by atoms with van der Waals surface area (Å²) in [6.45, 7) is 6.67. The van der Waals surface area contributed by atoms with E-state index in [0.717, 1.165) is 32.1 Å². The Hall–Kier alpha value is -0.170. The molecule has 1 aliphatic rings. The average molecular weight is 291 g/mol. The Bertz CT molecular complexity index is 344. The molecular weight excluding hydrogens is 262 g/mol. The first-order valence-corrected chi connectivity index (χ1v) is 8.84. The number of nitrogens with zero attached hydrogens (tertiary/aromatic N) is 1. The van der Waals surface area contributed by atoms with Gasteiger partial charge in [-0.15, -0.1) is 0 Å². The average Bonchev–Trinajstić information content (AvgIpc) is 2.38. The van der Waals surface area contributed by atoms with Crippen LogP contribution in [0.3, 0.4) is 0 Å². The molecule has 1 atom stereocenters. The Kier molecular flexibility index (Phi) is 7.28. The summed E-state index contributed by atoms with van der Waals surface area (Å²) in [6.07, 6.45) is 5.09. The summed E-state index contributed by atoms with van der Waals surface area (Å²) in [6, 6.07) is 0. The summed E-state index contributed by atoms with van der Waals surface area (Å²) in [4.78, 5) is 0. The normalized spacial score (nSPS) is 22.0. The van der Waals surface area contributed by atoms with Crippen molar-refractivity contribution in [3.05, 3.63) is 0 Å². The van der Waals surface area contributed by atoms with Crippen LogP contribution in [0, 0.1) is 11.8 Å². The van der Waals surface area contributed by atoms with Crippen molar-refractivity contribution in [3.8, 4) is 0 Å². The Morgan fingerprint density at radius 1 is 1.37 bits per heavy atom. The molecule has 1 saturated heterocycles. The summed E-state index contributed by atoms with van der Waals surface area (Å²) in [5.74, 6) is 0.996. The van der Waals surface area contributed by atoms with Crippen molar-refractivity contribution in [1.29, 1.82) is 0 Å². The zero-order chi connectivity index (χ0) is 14.3. The van der Waals surface area contributed by atoms with Gasteiger partial charge in [-0.3, -0.25) is 0 Å². The van der Waals surface area contributed by atoms with E-state index < -0.39 is 10.2 Å². The molecule has 1 unspecified atom stereocenters. The standard InChI is InChI=1S/C13H29N3O2S/c1-12(2)6-3-4-8-15-19(17,18)16-9-5-7-13(10-14)11-16/h12-13,15H,3-11,14H2,1-2H3. The van der Waals surface area contributed by atoms with Gasteiger partial charge in [-0.2, -0.15) is 12.7 Å². The van der Waals surface area contributed by atoms with Crippen molar-refractivity contribution < 1.29 is 8.42 Å². The van der Waals surface area contributed by atoms with Crippen LogP contribution in [0.1, 0.15) is 46.0 Å². The van der Waals surface area contributed by atoms with E-state index in [0.29, 0.717) is 38.0 Å². The first-order valence-electron chi connectivity index (χ1n) is 7.40. The third-order valence-corrected chi connectivity index (χ3v) is 5.23. The highest BCUT2D eigenvalue weighted by Gasteiger charge is 2.27. The molecule has 1 aliphatic heterocycles. The minimum atomic E-state index is -3.30. The fourth-order valence-electron chi connectivity index (χ4n) is 2.41. The van der Waals surface area contributed by atoms with Gasteiger partial charge >= 0.3 is 0 Å². The lowest BCUT2D eigenvalue weighted by molar-refractivity contribution is 0.268. The fourth-order valence-corrected chi connectivity index (χ4v) is 3.77. The molecule has 1 heterocycles. The van der Waals surface area contributed by atoms with E-state index in [9.17, 15) is 8.42 Å². The lowest BCUT2D eigenvalue weighted by atomic mass is 10.0. The molecule has 0 aromatic rings. The van der Waals surface area contributed by atoms with Gasteiger partial charge in [0, 0.05) is 19.6 Å². The second kappa shape index (κ2) is 8.19. The summed E-state index contributed by atoms with van der Waals surface area (Å²) in [5.41, 5.74) is 5.63. The van der Waals surface area contributed by atoms with Gasteiger partial charge in [-0.05, 0) is 37.6 Å². The minimum Gasteiger partial charge on any atom is -0.330 e. The summed E-state index contributed by atoms with van der Waals surface area (Å²) in [7, 11) is -3.30. The lowest BCUT2D eigenvalue weighted by Gasteiger charge is -2.31. The fraction of sp³-hybridized carbons (Fsp3) is 1.00. The van der Waals surface area contributed by atoms with Gasteiger partial charge in [0.25, 0.3) is 10.2 Å². The van der Waals surface area contributed by atoms with Crippen LogP contribution < -0.4 is 10.5 Å². The molecule has 19 heavy (non-hydrogen) atoms. The van der Waals surface area contributed by atoms with Crippen molar-refractivity contribution in [3.63, 3.8) is 0 Å². The molecule has 0 aromatic carbocycles. The lowest BCUT2D eigenvalue weighted by Crippen LogP contribution is -2.47. The largest absolute Gasteiger partial charge is 0.330 e. The highest BCUT2D eigenvalue weighted by atomic mass is 32.2. The molecule has 0 amide bonds.